The molecule has 1 aromatic heterocycles. The number of nitrogens with one attached hydrogen (secondary N) is 1. The van der Waals surface area contributed by atoms with Crippen LogP contribution in [-0.4, -0.2) is 29.1 Å². The van der Waals surface area contributed by atoms with Crippen LogP contribution in [0.4, 0.5) is 11.8 Å². The standard InChI is InChI=1S/C14H23BrN4/c1-3-9-16-14-17-10-12(15)13(18-14)19(4-2)11-7-5-6-8-11/h10-11H,3-9H2,1-2H3,(H,16,17,18). The van der Waals surface area contributed by atoms with Crippen LogP contribution in [-0.2, 0) is 0 Å². The van der Waals surface area contributed by atoms with Crippen LogP contribution < -0.4 is 10.2 Å². The minimum atomic E-state index is 0.634. The molecule has 0 atom stereocenters. The molecule has 5 heteroatoms. The largest absolute Gasteiger partial charge is 0.354 e. The normalized spacial score (nSPS) is 15.7. The van der Waals surface area contributed by atoms with Gasteiger partial charge in [-0.05, 0) is 42.1 Å². The van der Waals surface area contributed by atoms with E-state index >= 15 is 0 Å². The van der Waals surface area contributed by atoms with Crippen molar-refractivity contribution in [3.63, 3.8) is 0 Å². The maximum Gasteiger partial charge on any atom is 0.224 e. The first-order chi connectivity index (χ1) is 9.26. The number of nitrogens with zero attached hydrogens (tertiary/aromatic N) is 3. The van der Waals surface area contributed by atoms with Gasteiger partial charge in [0, 0.05) is 25.3 Å². The van der Waals surface area contributed by atoms with Gasteiger partial charge in [0.25, 0.3) is 0 Å². The summed E-state index contributed by atoms with van der Waals surface area (Å²) in [5, 5.41) is 3.26. The molecule has 0 unspecified atom stereocenters. The van der Waals surface area contributed by atoms with E-state index in [4.69, 9.17) is 0 Å². The molecule has 1 heterocycles. The van der Waals surface area contributed by atoms with Crippen LogP contribution in [0.2, 0.25) is 0 Å². The second-order valence-corrected chi connectivity index (χ2v) is 5.87. The molecule has 0 bridgehead atoms. The summed E-state index contributed by atoms with van der Waals surface area (Å²) in [6, 6.07) is 0.634. The molecule has 106 valence electrons. The third-order valence-electron chi connectivity index (χ3n) is 3.64. The number of rotatable bonds is 6. The quantitative estimate of drug-likeness (QED) is 0.862. The van der Waals surface area contributed by atoms with Crippen molar-refractivity contribution in [3.05, 3.63) is 10.7 Å². The van der Waals surface area contributed by atoms with Gasteiger partial charge in [-0.1, -0.05) is 19.8 Å². The Morgan fingerprint density at radius 1 is 1.37 bits per heavy atom. The van der Waals surface area contributed by atoms with Crippen LogP contribution in [0.15, 0.2) is 10.7 Å². The minimum Gasteiger partial charge on any atom is -0.354 e. The fourth-order valence-corrected chi connectivity index (χ4v) is 3.10. The number of hydrogen-bond acceptors (Lipinski definition) is 4. The fourth-order valence-electron chi connectivity index (χ4n) is 2.68. The highest BCUT2D eigenvalue weighted by molar-refractivity contribution is 9.10. The van der Waals surface area contributed by atoms with E-state index in [-0.39, 0.29) is 0 Å². The molecule has 0 aliphatic heterocycles. The molecular formula is C14H23BrN4. The third-order valence-corrected chi connectivity index (χ3v) is 4.20. The molecule has 1 aromatic rings. The van der Waals surface area contributed by atoms with Crippen molar-refractivity contribution in [1.82, 2.24) is 9.97 Å². The van der Waals surface area contributed by atoms with Gasteiger partial charge in [-0.2, -0.15) is 4.98 Å². The summed E-state index contributed by atoms with van der Waals surface area (Å²) < 4.78 is 0.989. The molecule has 2 rings (SSSR count). The molecule has 1 fully saturated rings. The SMILES string of the molecule is CCCNc1ncc(Br)c(N(CC)C2CCCC2)n1. The van der Waals surface area contributed by atoms with Crippen molar-refractivity contribution in [2.45, 2.75) is 52.0 Å². The monoisotopic (exact) mass is 326 g/mol. The molecule has 0 aromatic carbocycles. The Morgan fingerprint density at radius 3 is 2.74 bits per heavy atom. The predicted molar refractivity (Wildman–Crippen MR) is 83.8 cm³/mol. The first-order valence-electron chi connectivity index (χ1n) is 7.29. The van der Waals surface area contributed by atoms with E-state index in [2.05, 4.69) is 50.0 Å². The lowest BCUT2D eigenvalue weighted by atomic mass is 10.2. The first kappa shape index (κ1) is 14.6. The molecule has 0 amide bonds. The number of anilines is 2. The van der Waals surface area contributed by atoms with Gasteiger partial charge in [0.2, 0.25) is 5.95 Å². The number of aromatic nitrogens is 2. The van der Waals surface area contributed by atoms with Gasteiger partial charge < -0.3 is 10.2 Å². The molecule has 0 radical (unpaired) electrons. The summed E-state index contributed by atoms with van der Waals surface area (Å²) in [7, 11) is 0. The summed E-state index contributed by atoms with van der Waals surface area (Å²) in [4.78, 5) is 11.4. The lowest BCUT2D eigenvalue weighted by Crippen LogP contribution is -2.34. The van der Waals surface area contributed by atoms with Crippen molar-refractivity contribution in [2.24, 2.45) is 0 Å². The zero-order valence-corrected chi connectivity index (χ0v) is 13.4. The van der Waals surface area contributed by atoms with Crippen LogP contribution in [0, 0.1) is 0 Å². The van der Waals surface area contributed by atoms with Gasteiger partial charge in [0.1, 0.15) is 5.82 Å². The first-order valence-corrected chi connectivity index (χ1v) is 8.08. The van der Waals surface area contributed by atoms with Gasteiger partial charge in [0.05, 0.1) is 4.47 Å². The Morgan fingerprint density at radius 2 is 2.11 bits per heavy atom. The lowest BCUT2D eigenvalue weighted by Gasteiger charge is -2.29. The highest BCUT2D eigenvalue weighted by Crippen LogP contribution is 2.31. The summed E-state index contributed by atoms with van der Waals surface area (Å²) in [5.74, 6) is 1.76. The molecule has 0 saturated heterocycles. The average Bonchev–Trinajstić information content (AvgIpc) is 2.94. The molecule has 4 nitrogen and oxygen atoms in total. The van der Waals surface area contributed by atoms with Crippen molar-refractivity contribution in [1.29, 1.82) is 0 Å². The summed E-state index contributed by atoms with van der Waals surface area (Å²) in [6.07, 6.45) is 8.17. The van der Waals surface area contributed by atoms with E-state index in [9.17, 15) is 0 Å². The summed E-state index contributed by atoms with van der Waals surface area (Å²) in [5.41, 5.74) is 0. The van der Waals surface area contributed by atoms with E-state index in [1.807, 2.05) is 6.20 Å². The molecule has 1 aliphatic carbocycles. The Kier molecular flexibility index (Phi) is 5.43. The zero-order valence-electron chi connectivity index (χ0n) is 11.8. The highest BCUT2D eigenvalue weighted by Gasteiger charge is 2.24. The number of hydrogen-bond donors (Lipinski definition) is 1. The molecule has 1 aliphatic rings. The van der Waals surface area contributed by atoms with Crippen LogP contribution in [0.3, 0.4) is 0 Å². The van der Waals surface area contributed by atoms with Crippen LogP contribution in [0.5, 0.6) is 0 Å². The van der Waals surface area contributed by atoms with Crippen LogP contribution in [0.25, 0.3) is 0 Å². The van der Waals surface area contributed by atoms with Crippen LogP contribution in [0.1, 0.15) is 46.0 Å². The molecule has 1 N–H and O–H groups in total. The smallest absolute Gasteiger partial charge is 0.224 e. The zero-order chi connectivity index (χ0) is 13.7. The minimum absolute atomic E-state index is 0.634. The molecular weight excluding hydrogens is 304 g/mol. The van der Waals surface area contributed by atoms with Crippen LogP contribution >= 0.6 is 15.9 Å². The summed E-state index contributed by atoms with van der Waals surface area (Å²) >= 11 is 3.59. The molecule has 19 heavy (non-hydrogen) atoms. The fraction of sp³-hybridized carbons (Fsp3) is 0.714. The highest BCUT2D eigenvalue weighted by atomic mass is 79.9. The number of halogens is 1. The maximum absolute atomic E-state index is 4.68. The summed E-state index contributed by atoms with van der Waals surface area (Å²) in [6.45, 7) is 6.25. The van der Waals surface area contributed by atoms with E-state index in [0.717, 1.165) is 35.7 Å². The molecule has 0 spiro atoms. The van der Waals surface area contributed by atoms with Gasteiger partial charge in [0.15, 0.2) is 0 Å². The van der Waals surface area contributed by atoms with Crippen molar-refractivity contribution in [2.75, 3.05) is 23.3 Å². The van der Waals surface area contributed by atoms with Gasteiger partial charge in [-0.3, -0.25) is 0 Å². The average molecular weight is 327 g/mol. The maximum atomic E-state index is 4.68. The molecule has 1 saturated carbocycles. The Hall–Kier alpha value is -0.840. The second kappa shape index (κ2) is 7.08. The predicted octanol–water partition coefficient (Wildman–Crippen LogP) is 3.83. The van der Waals surface area contributed by atoms with Crippen molar-refractivity contribution in [3.8, 4) is 0 Å². The van der Waals surface area contributed by atoms with Gasteiger partial charge in [-0.25, -0.2) is 4.98 Å². The van der Waals surface area contributed by atoms with E-state index in [1.165, 1.54) is 25.7 Å². The van der Waals surface area contributed by atoms with Gasteiger partial charge >= 0.3 is 0 Å². The van der Waals surface area contributed by atoms with Crippen molar-refractivity contribution < 1.29 is 0 Å². The van der Waals surface area contributed by atoms with Crippen molar-refractivity contribution >= 4 is 27.7 Å². The topological polar surface area (TPSA) is 41.1 Å². The second-order valence-electron chi connectivity index (χ2n) is 5.02. The Balaban J connectivity index is 2.19. The van der Waals surface area contributed by atoms with E-state index in [0.29, 0.717) is 6.04 Å². The Bertz CT molecular complexity index is 404. The third kappa shape index (κ3) is 3.59. The Labute approximate surface area is 124 Å². The lowest BCUT2D eigenvalue weighted by molar-refractivity contribution is 0.611. The van der Waals surface area contributed by atoms with E-state index < -0.39 is 0 Å². The van der Waals surface area contributed by atoms with Gasteiger partial charge in [-0.15, -0.1) is 0 Å². The van der Waals surface area contributed by atoms with E-state index in [1.54, 1.807) is 0 Å².